The molecule has 0 heterocycles. The van der Waals surface area contributed by atoms with Crippen LogP contribution in [-0.2, 0) is 20.6 Å². The molecule has 0 bridgehead atoms. The molecule has 2 aromatic rings. The highest BCUT2D eigenvalue weighted by atomic mass is 32.2. The van der Waals surface area contributed by atoms with E-state index in [1.165, 1.54) is 27.4 Å². The van der Waals surface area contributed by atoms with E-state index in [2.05, 4.69) is 0 Å². The molecule has 1 aliphatic carbocycles. The third-order valence-corrected chi connectivity index (χ3v) is 5.44. The Morgan fingerprint density at radius 2 is 1.42 bits per heavy atom. The minimum absolute atomic E-state index is 0.0734. The van der Waals surface area contributed by atoms with Crippen LogP contribution in [0.4, 0.5) is 0 Å². The Labute approximate surface area is 153 Å². The van der Waals surface area contributed by atoms with E-state index in [0.29, 0.717) is 10.6 Å². The number of hydrogen-bond donors (Lipinski definition) is 0. The van der Waals surface area contributed by atoms with Crippen molar-refractivity contribution in [3.63, 3.8) is 0 Å². The average molecular weight is 372 g/mol. The molecule has 0 aliphatic heterocycles. The summed E-state index contributed by atoms with van der Waals surface area (Å²) >= 11 is -1.66. The summed E-state index contributed by atoms with van der Waals surface area (Å²) in [6.45, 7) is 0. The number of Topliss-reactive ketones (excluding diaryl/α,β-unsaturated/α-hetero) is 2. The van der Waals surface area contributed by atoms with Crippen molar-refractivity contribution in [3.05, 3.63) is 65.1 Å². The number of carbonyl (C=O) groups is 2. The van der Waals surface area contributed by atoms with Gasteiger partial charge in [0.25, 0.3) is 0 Å². The number of allylic oxidation sites excluding steroid dienone is 2. The van der Waals surface area contributed by atoms with Gasteiger partial charge in [0.15, 0.2) is 9.79 Å². The second-order valence-electron chi connectivity index (χ2n) is 5.35. The molecule has 1 unspecified atom stereocenters. The molecule has 7 heteroatoms. The van der Waals surface area contributed by atoms with Crippen LogP contribution < -0.4 is 4.74 Å². The fraction of sp³-hybridized carbons (Fsp3) is 0.158. The standard InChI is InChI=1S/C19H16O6S/c1-23-11-7-9-12(10-8-11)26(22)14-6-4-5-13-15(14)17(21)19(25-3)18(24-2)16(13)20/h4-10H,1-3H3. The topological polar surface area (TPSA) is 84.9 Å². The maximum absolute atomic E-state index is 13.0. The van der Waals surface area contributed by atoms with Crippen molar-refractivity contribution in [1.82, 2.24) is 0 Å². The summed E-state index contributed by atoms with van der Waals surface area (Å²) in [5.41, 5.74) is 0.219. The van der Waals surface area contributed by atoms with Crippen molar-refractivity contribution in [2.24, 2.45) is 0 Å². The number of methoxy groups -OCH3 is 3. The lowest BCUT2D eigenvalue weighted by molar-refractivity contribution is 0.0826. The van der Waals surface area contributed by atoms with E-state index < -0.39 is 22.7 Å². The van der Waals surface area contributed by atoms with E-state index in [1.807, 2.05) is 0 Å². The fourth-order valence-corrected chi connectivity index (χ4v) is 3.98. The van der Waals surface area contributed by atoms with Gasteiger partial charge in [-0.2, -0.15) is 0 Å². The Bertz CT molecular complexity index is 901. The molecule has 0 radical (unpaired) electrons. The molecule has 0 spiro atoms. The highest BCUT2D eigenvalue weighted by Crippen LogP contribution is 2.34. The summed E-state index contributed by atoms with van der Waals surface area (Å²) in [5, 5.41) is 0. The number of ketones is 2. The lowest BCUT2D eigenvalue weighted by atomic mass is 9.92. The zero-order valence-electron chi connectivity index (χ0n) is 14.4. The predicted molar refractivity (Wildman–Crippen MR) is 93.8 cm³/mol. The number of hydrogen-bond acceptors (Lipinski definition) is 6. The number of ether oxygens (including phenoxy) is 3. The molecule has 0 aromatic heterocycles. The third-order valence-electron chi connectivity index (χ3n) is 4.00. The molecule has 26 heavy (non-hydrogen) atoms. The Kier molecular flexibility index (Phi) is 5.01. The van der Waals surface area contributed by atoms with Gasteiger partial charge in [0, 0.05) is 16.7 Å². The molecular weight excluding hydrogens is 356 g/mol. The van der Waals surface area contributed by atoms with Crippen LogP contribution >= 0.6 is 0 Å². The first-order chi connectivity index (χ1) is 12.5. The second kappa shape index (κ2) is 7.23. The van der Waals surface area contributed by atoms with Crippen LogP contribution in [0.3, 0.4) is 0 Å². The van der Waals surface area contributed by atoms with Crippen LogP contribution in [0.25, 0.3) is 0 Å². The lowest BCUT2D eigenvalue weighted by Gasteiger charge is -2.21. The van der Waals surface area contributed by atoms with Gasteiger partial charge in [0.2, 0.25) is 23.1 Å². The molecule has 0 saturated carbocycles. The van der Waals surface area contributed by atoms with Gasteiger partial charge < -0.3 is 18.8 Å². The molecule has 0 N–H and O–H groups in total. The van der Waals surface area contributed by atoms with Crippen LogP contribution in [0.2, 0.25) is 0 Å². The predicted octanol–water partition coefficient (Wildman–Crippen LogP) is 2.75. The van der Waals surface area contributed by atoms with Crippen LogP contribution in [-0.4, -0.2) is 37.4 Å². The van der Waals surface area contributed by atoms with Crippen LogP contribution in [0.1, 0.15) is 20.7 Å². The van der Waals surface area contributed by atoms with Gasteiger partial charge in [-0.05, 0) is 36.4 Å². The van der Waals surface area contributed by atoms with Crippen LogP contribution in [0.5, 0.6) is 5.75 Å². The summed E-state index contributed by atoms with van der Waals surface area (Å²) in [6, 6.07) is 11.3. The maximum Gasteiger partial charge on any atom is 0.237 e. The van der Waals surface area contributed by atoms with Crippen LogP contribution in [0, 0.1) is 0 Å². The number of fused-ring (bicyclic) bond motifs is 1. The van der Waals surface area contributed by atoms with Gasteiger partial charge in [-0.1, -0.05) is 6.07 Å². The first-order valence-corrected chi connectivity index (χ1v) is 8.79. The first-order valence-electron chi connectivity index (χ1n) is 7.64. The van der Waals surface area contributed by atoms with Gasteiger partial charge >= 0.3 is 0 Å². The van der Waals surface area contributed by atoms with E-state index in [4.69, 9.17) is 14.2 Å². The van der Waals surface area contributed by atoms with Crippen molar-refractivity contribution in [2.75, 3.05) is 21.3 Å². The smallest absolute Gasteiger partial charge is 0.237 e. The third kappa shape index (κ3) is 2.85. The van der Waals surface area contributed by atoms with Gasteiger partial charge in [-0.25, -0.2) is 0 Å². The van der Waals surface area contributed by atoms with Crippen molar-refractivity contribution < 1.29 is 28.4 Å². The van der Waals surface area contributed by atoms with E-state index in [1.54, 1.807) is 36.4 Å². The van der Waals surface area contributed by atoms with Crippen LogP contribution in [0.15, 0.2) is 63.8 Å². The SMILES string of the molecule is COC1=C(OC)C(=O)c2c(cccc2[S+]([O-])c2ccc(OC)cc2)C1=O. The summed E-state index contributed by atoms with van der Waals surface area (Å²) in [5.74, 6) is -0.730. The molecule has 1 aliphatic rings. The van der Waals surface area contributed by atoms with Gasteiger partial charge in [-0.15, -0.1) is 0 Å². The Morgan fingerprint density at radius 1 is 0.808 bits per heavy atom. The molecule has 6 nitrogen and oxygen atoms in total. The monoisotopic (exact) mass is 372 g/mol. The molecular formula is C19H16O6S. The largest absolute Gasteiger partial charge is 0.606 e. The van der Waals surface area contributed by atoms with Crippen molar-refractivity contribution in [3.8, 4) is 5.75 Å². The summed E-state index contributed by atoms with van der Waals surface area (Å²) in [7, 11) is 4.12. The lowest BCUT2D eigenvalue weighted by Crippen LogP contribution is -2.26. The highest BCUT2D eigenvalue weighted by molar-refractivity contribution is 7.91. The molecule has 0 saturated heterocycles. The number of carbonyl (C=O) groups excluding carboxylic acids is 2. The molecule has 0 amide bonds. The molecule has 134 valence electrons. The summed E-state index contributed by atoms with van der Waals surface area (Å²) < 4.78 is 28.2. The maximum atomic E-state index is 13.0. The summed E-state index contributed by atoms with van der Waals surface area (Å²) in [6.07, 6.45) is 0. The highest BCUT2D eigenvalue weighted by Gasteiger charge is 2.39. The zero-order valence-corrected chi connectivity index (χ0v) is 15.2. The van der Waals surface area contributed by atoms with Gasteiger partial charge in [-0.3, -0.25) is 9.59 Å². The second-order valence-corrected chi connectivity index (χ2v) is 6.80. The fourth-order valence-electron chi connectivity index (χ4n) is 2.75. The van der Waals surface area contributed by atoms with Crippen molar-refractivity contribution in [2.45, 2.75) is 9.79 Å². The van der Waals surface area contributed by atoms with E-state index in [0.717, 1.165) is 0 Å². The molecule has 0 fully saturated rings. The quantitative estimate of drug-likeness (QED) is 0.751. The van der Waals surface area contributed by atoms with Crippen molar-refractivity contribution in [1.29, 1.82) is 0 Å². The number of rotatable bonds is 5. The normalized spacial score (nSPS) is 14.8. The number of benzene rings is 2. The van der Waals surface area contributed by atoms with E-state index >= 15 is 0 Å². The Morgan fingerprint density at radius 3 is 2.00 bits per heavy atom. The van der Waals surface area contributed by atoms with Gasteiger partial charge in [0.1, 0.15) is 5.75 Å². The minimum atomic E-state index is -1.66. The molecule has 1 atom stereocenters. The van der Waals surface area contributed by atoms with Gasteiger partial charge in [0.05, 0.1) is 26.9 Å². The Hall–Kier alpha value is -2.77. The van der Waals surface area contributed by atoms with E-state index in [-0.39, 0.29) is 27.5 Å². The van der Waals surface area contributed by atoms with Crippen molar-refractivity contribution >= 4 is 22.7 Å². The summed E-state index contributed by atoms with van der Waals surface area (Å²) in [4.78, 5) is 26.2. The van der Waals surface area contributed by atoms with E-state index in [9.17, 15) is 14.1 Å². The average Bonchev–Trinajstić information content (AvgIpc) is 2.69. The first kappa shape index (κ1) is 18.0. The Balaban J connectivity index is 2.12. The molecule has 2 aromatic carbocycles. The zero-order chi connectivity index (χ0) is 18.8. The molecule has 3 rings (SSSR count). The minimum Gasteiger partial charge on any atom is -0.606 e.